The molecule has 1 rings (SSSR count). The van der Waals surface area contributed by atoms with E-state index in [0.29, 0.717) is 0 Å². The molecule has 0 aliphatic heterocycles. The van der Waals surface area contributed by atoms with E-state index in [4.69, 9.17) is 9.79 Å². The lowest BCUT2D eigenvalue weighted by atomic mass is 11.0. The molecule has 0 bridgehead atoms. The molecule has 3 N–H and O–H groups in total. The van der Waals surface area contributed by atoms with E-state index >= 15 is 0 Å². The fraction of sp³-hybridized carbons (Fsp3) is 0.500. The Bertz CT molecular complexity index is 189. The van der Waals surface area contributed by atoms with Crippen molar-refractivity contribution in [3.05, 3.63) is 12.4 Å². The zero-order valence-electron chi connectivity index (χ0n) is 6.01. The fourth-order valence-electron chi connectivity index (χ4n) is 0.167. The van der Waals surface area contributed by atoms with Gasteiger partial charge < -0.3 is 9.79 Å². The number of nitrogens with zero attached hydrogens (tertiary/aromatic N) is 2. The van der Waals surface area contributed by atoms with Crippen LogP contribution in [0.1, 0.15) is 6.92 Å². The number of nitrogens with one attached hydrogen (secondary N) is 1. The summed E-state index contributed by atoms with van der Waals surface area (Å²) in [7, 11) is -3.65. The maximum Gasteiger partial charge on any atom is 0.325 e. The number of aromatic amines is 1. The highest BCUT2D eigenvalue weighted by molar-refractivity contribution is 7.51. The average Bonchev–Trinajstić information content (AvgIpc) is 2.41. The third kappa shape index (κ3) is 9.29. The second-order valence-electron chi connectivity index (χ2n) is 1.64. The van der Waals surface area contributed by atoms with E-state index in [1.54, 1.807) is 12.4 Å². The molecule has 0 aromatic carbocycles. The zero-order chi connectivity index (χ0) is 8.74. The van der Waals surface area contributed by atoms with Gasteiger partial charge in [0.05, 0.1) is 6.20 Å². The van der Waals surface area contributed by atoms with Gasteiger partial charge in [-0.25, -0.2) is 0 Å². The molecule has 0 aliphatic rings. The Morgan fingerprint density at radius 3 is 2.27 bits per heavy atom. The predicted octanol–water partition coefficient (Wildman–Crippen LogP) is -0.0113. The molecule has 0 spiro atoms. The van der Waals surface area contributed by atoms with Crippen LogP contribution >= 0.6 is 7.60 Å². The van der Waals surface area contributed by atoms with Crippen molar-refractivity contribution < 1.29 is 14.4 Å². The maximum absolute atomic E-state index is 9.69. The van der Waals surface area contributed by atoms with Crippen molar-refractivity contribution in [3.8, 4) is 0 Å². The molecule has 1 aromatic heterocycles. The van der Waals surface area contributed by atoms with Gasteiger partial charge in [-0.2, -0.15) is 0 Å². The molecule has 0 aliphatic carbocycles. The van der Waals surface area contributed by atoms with Gasteiger partial charge in [0, 0.05) is 12.4 Å². The van der Waals surface area contributed by atoms with Crippen molar-refractivity contribution >= 4 is 7.60 Å². The second-order valence-corrected chi connectivity index (χ2v) is 3.60. The molecule has 0 atom stereocenters. The van der Waals surface area contributed by atoms with Crippen molar-refractivity contribution in [3.63, 3.8) is 0 Å². The van der Waals surface area contributed by atoms with Gasteiger partial charge in [-0.3, -0.25) is 9.66 Å². The molecule has 64 valence electrons. The van der Waals surface area contributed by atoms with Crippen LogP contribution in [0.15, 0.2) is 12.4 Å². The smallest absolute Gasteiger partial charge is 0.324 e. The van der Waals surface area contributed by atoms with E-state index in [2.05, 4.69) is 15.4 Å². The van der Waals surface area contributed by atoms with Gasteiger partial charge in [0.15, 0.2) is 0 Å². The van der Waals surface area contributed by atoms with E-state index < -0.39 is 7.60 Å². The van der Waals surface area contributed by atoms with Crippen LogP contribution in [0, 0.1) is 0 Å². The van der Waals surface area contributed by atoms with Crippen molar-refractivity contribution in [2.75, 3.05) is 6.16 Å². The SMILES string of the molecule is CCP(=O)(O)O.c1c[nH]nn1. The number of hydrogen-bond donors (Lipinski definition) is 3. The van der Waals surface area contributed by atoms with Gasteiger partial charge in [-0.05, 0) is 0 Å². The van der Waals surface area contributed by atoms with E-state index in [1.165, 1.54) is 6.92 Å². The summed E-state index contributed by atoms with van der Waals surface area (Å²) in [4.78, 5) is 15.9. The van der Waals surface area contributed by atoms with Crippen LogP contribution in [0.2, 0.25) is 0 Å². The van der Waals surface area contributed by atoms with Crippen LogP contribution in [-0.4, -0.2) is 31.4 Å². The Labute approximate surface area is 63.8 Å². The van der Waals surface area contributed by atoms with E-state index in [-0.39, 0.29) is 6.16 Å². The highest BCUT2D eigenvalue weighted by Crippen LogP contribution is 2.32. The lowest BCUT2D eigenvalue weighted by Gasteiger charge is -1.92. The van der Waals surface area contributed by atoms with Crippen LogP contribution in [0.4, 0.5) is 0 Å². The molecule has 0 saturated carbocycles. The van der Waals surface area contributed by atoms with Crippen molar-refractivity contribution in [2.45, 2.75) is 6.92 Å². The van der Waals surface area contributed by atoms with Crippen LogP contribution in [0.5, 0.6) is 0 Å². The molecular formula is C4H10N3O3P. The molecule has 0 saturated heterocycles. The van der Waals surface area contributed by atoms with Gasteiger partial charge >= 0.3 is 7.60 Å². The number of aromatic nitrogens is 3. The van der Waals surface area contributed by atoms with Crippen molar-refractivity contribution in [1.29, 1.82) is 0 Å². The number of rotatable bonds is 1. The zero-order valence-corrected chi connectivity index (χ0v) is 6.90. The summed E-state index contributed by atoms with van der Waals surface area (Å²) in [5.74, 6) is 0. The van der Waals surface area contributed by atoms with Crippen molar-refractivity contribution in [2.24, 2.45) is 0 Å². The lowest BCUT2D eigenvalue weighted by molar-refractivity contribution is 0.375. The first-order valence-electron chi connectivity index (χ1n) is 2.91. The quantitative estimate of drug-likeness (QED) is 0.526. The first-order chi connectivity index (χ1) is 5.06. The summed E-state index contributed by atoms with van der Waals surface area (Å²) in [6.07, 6.45) is 3.17. The summed E-state index contributed by atoms with van der Waals surface area (Å²) < 4.78 is 9.69. The average molecular weight is 179 g/mol. The Kier molecular flexibility index (Phi) is 4.69. The Morgan fingerprint density at radius 2 is 2.18 bits per heavy atom. The summed E-state index contributed by atoms with van der Waals surface area (Å²) >= 11 is 0. The lowest BCUT2D eigenvalue weighted by Crippen LogP contribution is -1.76. The number of H-pyrrole nitrogens is 1. The highest BCUT2D eigenvalue weighted by atomic mass is 31.2. The van der Waals surface area contributed by atoms with Crippen LogP contribution in [0.3, 0.4) is 0 Å². The first kappa shape index (κ1) is 10.3. The van der Waals surface area contributed by atoms with Crippen LogP contribution in [0.25, 0.3) is 0 Å². The maximum atomic E-state index is 9.69. The molecule has 6 nitrogen and oxygen atoms in total. The third-order valence-electron chi connectivity index (χ3n) is 0.743. The molecular weight excluding hydrogens is 169 g/mol. The number of hydrogen-bond acceptors (Lipinski definition) is 3. The Morgan fingerprint density at radius 1 is 1.64 bits per heavy atom. The molecule has 0 unspecified atom stereocenters. The minimum Gasteiger partial charge on any atom is -0.324 e. The normalized spacial score (nSPS) is 10.1. The van der Waals surface area contributed by atoms with E-state index in [0.717, 1.165) is 0 Å². The minimum absolute atomic E-state index is 0.0625. The predicted molar refractivity (Wildman–Crippen MR) is 39.0 cm³/mol. The van der Waals surface area contributed by atoms with Gasteiger partial charge in [-0.1, -0.05) is 12.1 Å². The molecule has 1 aromatic rings. The van der Waals surface area contributed by atoms with Gasteiger partial charge in [-0.15, -0.1) is 5.10 Å². The summed E-state index contributed by atoms with van der Waals surface area (Å²) in [6.45, 7) is 1.45. The second kappa shape index (κ2) is 5.01. The van der Waals surface area contributed by atoms with E-state index in [9.17, 15) is 4.57 Å². The largest absolute Gasteiger partial charge is 0.325 e. The highest BCUT2D eigenvalue weighted by Gasteiger charge is 2.05. The summed E-state index contributed by atoms with van der Waals surface area (Å²) in [6, 6.07) is 0. The Balaban J connectivity index is 0.000000183. The van der Waals surface area contributed by atoms with Crippen LogP contribution in [-0.2, 0) is 4.57 Å². The molecule has 0 radical (unpaired) electrons. The topological polar surface area (TPSA) is 99.1 Å². The summed E-state index contributed by atoms with van der Waals surface area (Å²) in [5.41, 5.74) is 0. The molecule has 1 heterocycles. The first-order valence-corrected chi connectivity index (χ1v) is 4.71. The summed E-state index contributed by atoms with van der Waals surface area (Å²) in [5, 5.41) is 9.26. The minimum atomic E-state index is -3.65. The Hall–Kier alpha value is -0.710. The molecule has 11 heavy (non-hydrogen) atoms. The fourth-order valence-corrected chi connectivity index (χ4v) is 0.167. The van der Waals surface area contributed by atoms with Gasteiger partial charge in [0.2, 0.25) is 0 Å². The van der Waals surface area contributed by atoms with Gasteiger partial charge in [0.1, 0.15) is 0 Å². The molecule has 7 heteroatoms. The van der Waals surface area contributed by atoms with Gasteiger partial charge in [0.25, 0.3) is 0 Å². The standard InChI is InChI=1S/C2H3N3.C2H7O3P/c1-2-4-5-3-1;1-2-6(3,4)5/h1-2H,(H,3,4,5);2H2,1H3,(H2,3,4,5). The monoisotopic (exact) mass is 179 g/mol. The molecule has 0 fully saturated rings. The van der Waals surface area contributed by atoms with Crippen molar-refractivity contribution in [1.82, 2.24) is 15.4 Å². The van der Waals surface area contributed by atoms with E-state index in [1.807, 2.05) is 0 Å². The van der Waals surface area contributed by atoms with Crippen LogP contribution < -0.4 is 0 Å². The third-order valence-corrected chi connectivity index (χ3v) is 1.57. The molecule has 0 amide bonds.